The van der Waals surface area contributed by atoms with E-state index >= 15 is 0 Å². The number of carbonyl (C=O) groups is 1. The first-order chi connectivity index (χ1) is 9.56. The van der Waals surface area contributed by atoms with Crippen LogP contribution < -0.4 is 0 Å². The molecule has 0 radical (unpaired) electrons. The fraction of sp³-hybridized carbons (Fsp3) is 0.0714. The van der Waals surface area contributed by atoms with Crippen LogP contribution in [-0.2, 0) is 0 Å². The van der Waals surface area contributed by atoms with E-state index in [1.807, 2.05) is 12.1 Å². The first-order valence-corrected chi connectivity index (χ1v) is 7.79. The van der Waals surface area contributed by atoms with Gasteiger partial charge in [0.05, 0.1) is 10.7 Å². The molecule has 0 unspecified atom stereocenters. The molecule has 4 nitrogen and oxygen atoms in total. The summed E-state index contributed by atoms with van der Waals surface area (Å²) in [7, 11) is 0. The van der Waals surface area contributed by atoms with Crippen molar-refractivity contribution >= 4 is 45.8 Å². The fourth-order valence-electron chi connectivity index (χ4n) is 1.53. The van der Waals surface area contributed by atoms with Crippen LogP contribution in [0.25, 0.3) is 0 Å². The summed E-state index contributed by atoms with van der Waals surface area (Å²) in [4.78, 5) is 22.9. The minimum atomic E-state index is -0.439. The van der Waals surface area contributed by atoms with Gasteiger partial charge >= 0.3 is 0 Å². The number of rotatable bonds is 5. The van der Waals surface area contributed by atoms with Gasteiger partial charge in [-0.05, 0) is 46.9 Å². The van der Waals surface area contributed by atoms with Gasteiger partial charge in [0.15, 0.2) is 5.78 Å². The average Bonchev–Trinajstić information content (AvgIpc) is 2.46. The quantitative estimate of drug-likeness (QED) is 0.249. The van der Waals surface area contributed by atoms with Crippen LogP contribution in [0.1, 0.15) is 10.4 Å². The van der Waals surface area contributed by atoms with Crippen LogP contribution in [0.3, 0.4) is 0 Å². The van der Waals surface area contributed by atoms with Crippen molar-refractivity contribution in [2.24, 2.45) is 0 Å². The van der Waals surface area contributed by atoms with Gasteiger partial charge in [-0.2, -0.15) is 0 Å². The lowest BCUT2D eigenvalue weighted by atomic mass is 10.2. The second-order valence-corrected chi connectivity index (χ2v) is 6.26. The maximum atomic E-state index is 12.0. The monoisotopic (exact) mass is 399 g/mol. The molecule has 0 N–H and O–H groups in total. The summed E-state index contributed by atoms with van der Waals surface area (Å²) in [6.45, 7) is 0. The Morgan fingerprint density at radius 2 is 1.70 bits per heavy atom. The van der Waals surface area contributed by atoms with Crippen LogP contribution in [0.4, 0.5) is 5.69 Å². The molecule has 6 heteroatoms. The van der Waals surface area contributed by atoms with Gasteiger partial charge < -0.3 is 0 Å². The molecule has 0 aromatic heterocycles. The second-order valence-electron chi connectivity index (χ2n) is 3.97. The average molecular weight is 399 g/mol. The highest BCUT2D eigenvalue weighted by atomic mass is 127. The van der Waals surface area contributed by atoms with E-state index < -0.39 is 4.92 Å². The molecule has 0 fully saturated rings. The molecule has 2 aromatic carbocycles. The van der Waals surface area contributed by atoms with E-state index in [2.05, 4.69) is 22.6 Å². The molecule has 0 bridgehead atoms. The van der Waals surface area contributed by atoms with Crippen molar-refractivity contribution in [3.63, 3.8) is 0 Å². The summed E-state index contributed by atoms with van der Waals surface area (Å²) < 4.78 is 1.09. The molecule has 0 spiro atoms. The number of hydrogen-bond acceptors (Lipinski definition) is 4. The highest BCUT2D eigenvalue weighted by Crippen LogP contribution is 2.22. The largest absolute Gasteiger partial charge is 0.293 e. The Hall–Kier alpha value is -1.41. The predicted octanol–water partition coefficient (Wildman–Crippen LogP) is 4.17. The zero-order valence-electron chi connectivity index (χ0n) is 10.3. The molecule has 20 heavy (non-hydrogen) atoms. The lowest BCUT2D eigenvalue weighted by Crippen LogP contribution is -2.02. The number of halogens is 1. The molecule has 0 heterocycles. The van der Waals surface area contributed by atoms with E-state index in [1.54, 1.807) is 24.3 Å². The summed E-state index contributed by atoms with van der Waals surface area (Å²) in [5.74, 6) is 0.364. The third-order valence-electron chi connectivity index (χ3n) is 2.58. The van der Waals surface area contributed by atoms with Crippen LogP contribution in [0.2, 0.25) is 0 Å². The van der Waals surface area contributed by atoms with Gasteiger partial charge in [-0.3, -0.25) is 14.9 Å². The number of carbonyl (C=O) groups excluding carboxylic acids is 1. The third-order valence-corrected chi connectivity index (χ3v) is 4.31. The number of Topliss-reactive ketones (excluding diaryl/α,β-unsaturated/α-hetero) is 1. The van der Waals surface area contributed by atoms with E-state index in [0.717, 1.165) is 8.47 Å². The van der Waals surface area contributed by atoms with Gasteiger partial charge in [-0.1, -0.05) is 12.1 Å². The smallest absolute Gasteiger partial charge is 0.269 e. The van der Waals surface area contributed by atoms with Crippen molar-refractivity contribution in [2.75, 3.05) is 5.75 Å². The lowest BCUT2D eigenvalue weighted by Gasteiger charge is -2.02. The van der Waals surface area contributed by atoms with Crippen LogP contribution in [0.15, 0.2) is 53.4 Å². The molecule has 2 aromatic rings. The molecular weight excluding hydrogens is 389 g/mol. The summed E-state index contributed by atoms with van der Waals surface area (Å²) in [5.41, 5.74) is 0.734. The maximum Gasteiger partial charge on any atom is 0.269 e. The van der Waals surface area contributed by atoms with Crippen molar-refractivity contribution in [1.82, 2.24) is 0 Å². The molecule has 0 aliphatic carbocycles. The summed E-state index contributed by atoms with van der Waals surface area (Å²) in [6.07, 6.45) is 0. The molecule has 0 aliphatic rings. The molecular formula is C14H10INO3S. The number of thioether (sulfide) groups is 1. The molecule has 0 atom stereocenters. The van der Waals surface area contributed by atoms with E-state index in [1.165, 1.54) is 23.9 Å². The number of benzene rings is 2. The first kappa shape index (κ1) is 15.0. The molecule has 102 valence electrons. The van der Waals surface area contributed by atoms with Crippen molar-refractivity contribution in [1.29, 1.82) is 0 Å². The fourth-order valence-corrected chi connectivity index (χ4v) is 2.68. The number of hydrogen-bond donors (Lipinski definition) is 0. The Labute approximate surface area is 133 Å². The summed E-state index contributed by atoms with van der Waals surface area (Å²) in [6, 6.07) is 13.6. The van der Waals surface area contributed by atoms with E-state index in [9.17, 15) is 14.9 Å². The Kier molecular flexibility index (Phi) is 5.13. The highest BCUT2D eigenvalue weighted by molar-refractivity contribution is 14.1. The SMILES string of the molecule is O=C(CSc1ccc([N+](=O)[O-])cc1)c1ccc(I)cc1. The van der Waals surface area contributed by atoms with Gasteiger partial charge in [0.25, 0.3) is 5.69 Å². The van der Waals surface area contributed by atoms with Gasteiger partial charge in [-0.15, -0.1) is 11.8 Å². The zero-order valence-corrected chi connectivity index (χ0v) is 13.3. The summed E-state index contributed by atoms with van der Waals surface area (Å²) >= 11 is 3.56. The van der Waals surface area contributed by atoms with Crippen LogP contribution in [0.5, 0.6) is 0 Å². The number of non-ortho nitro benzene ring substituents is 1. The minimum absolute atomic E-state index is 0.0461. The normalized spacial score (nSPS) is 10.2. The van der Waals surface area contributed by atoms with E-state index in [4.69, 9.17) is 0 Å². The van der Waals surface area contributed by atoms with Gasteiger partial charge in [0.2, 0.25) is 0 Å². The standard InChI is InChI=1S/C14H10INO3S/c15-11-3-1-10(2-4-11)14(17)9-20-13-7-5-12(6-8-13)16(18)19/h1-8H,9H2. The van der Waals surface area contributed by atoms with Crippen molar-refractivity contribution in [2.45, 2.75) is 4.90 Å². The molecule has 0 aliphatic heterocycles. The number of nitro benzene ring substituents is 1. The zero-order chi connectivity index (χ0) is 14.5. The van der Waals surface area contributed by atoms with Crippen LogP contribution >= 0.6 is 34.4 Å². The number of nitrogens with zero attached hydrogens (tertiary/aromatic N) is 1. The maximum absolute atomic E-state index is 12.0. The van der Waals surface area contributed by atoms with Crippen molar-refractivity contribution in [3.05, 3.63) is 67.8 Å². The van der Waals surface area contributed by atoms with Gasteiger partial charge in [0, 0.05) is 26.2 Å². The van der Waals surface area contributed by atoms with Crippen LogP contribution in [0, 0.1) is 13.7 Å². The van der Waals surface area contributed by atoms with E-state index in [0.29, 0.717) is 11.3 Å². The van der Waals surface area contributed by atoms with E-state index in [-0.39, 0.29) is 11.5 Å². The topological polar surface area (TPSA) is 60.2 Å². The predicted molar refractivity (Wildman–Crippen MR) is 87.3 cm³/mol. The number of ketones is 1. The van der Waals surface area contributed by atoms with Gasteiger partial charge in [-0.25, -0.2) is 0 Å². The molecule has 0 saturated carbocycles. The second kappa shape index (κ2) is 6.85. The Morgan fingerprint density at radius 3 is 2.25 bits per heavy atom. The van der Waals surface area contributed by atoms with Crippen LogP contribution in [-0.4, -0.2) is 16.5 Å². The van der Waals surface area contributed by atoms with Crippen molar-refractivity contribution < 1.29 is 9.72 Å². The summed E-state index contributed by atoms with van der Waals surface area (Å²) in [5, 5.41) is 10.5. The van der Waals surface area contributed by atoms with Gasteiger partial charge in [0.1, 0.15) is 0 Å². The first-order valence-electron chi connectivity index (χ1n) is 5.72. The number of nitro groups is 1. The molecule has 2 rings (SSSR count). The minimum Gasteiger partial charge on any atom is -0.293 e. The lowest BCUT2D eigenvalue weighted by molar-refractivity contribution is -0.384. The molecule has 0 amide bonds. The van der Waals surface area contributed by atoms with Crippen molar-refractivity contribution in [3.8, 4) is 0 Å². The Morgan fingerprint density at radius 1 is 1.10 bits per heavy atom. The highest BCUT2D eigenvalue weighted by Gasteiger charge is 2.08. The Balaban J connectivity index is 1.96. The third kappa shape index (κ3) is 4.04. The molecule has 0 saturated heterocycles. The Bertz CT molecular complexity index is 626.